The number of aromatic nitrogens is 2. The van der Waals surface area contributed by atoms with Gasteiger partial charge in [0.15, 0.2) is 0 Å². The first-order valence-corrected chi connectivity index (χ1v) is 9.01. The van der Waals surface area contributed by atoms with Crippen LogP contribution < -0.4 is 5.32 Å². The largest absolute Gasteiger partial charge is 0.345 e. The van der Waals surface area contributed by atoms with Crippen molar-refractivity contribution >= 4 is 5.91 Å². The lowest BCUT2D eigenvalue weighted by Gasteiger charge is -2.18. The van der Waals surface area contributed by atoms with Crippen LogP contribution in [0.25, 0.3) is 0 Å². The molecule has 0 aliphatic carbocycles. The van der Waals surface area contributed by atoms with Crippen LogP contribution in [0.2, 0.25) is 0 Å². The Morgan fingerprint density at radius 3 is 2.35 bits per heavy atom. The number of carbonyl (C=O) groups is 1. The van der Waals surface area contributed by atoms with Gasteiger partial charge in [-0.25, -0.2) is 4.98 Å². The lowest BCUT2D eigenvalue weighted by molar-refractivity contribution is 0.0935. The molecule has 26 heavy (non-hydrogen) atoms. The molecule has 0 unspecified atom stereocenters. The standard InChI is InChI=1S/C22H25N3O/c1-4-21(19-9-5-16(2)6-10-19)24-22(26)20-11-7-18(8-12-20)15-25-14-13-23-17(25)3/h5-14,21H,4,15H2,1-3H3,(H,24,26)/t21-/m0/s1. The Bertz CT molecular complexity index is 863. The summed E-state index contributed by atoms with van der Waals surface area (Å²) in [6.45, 7) is 6.89. The monoisotopic (exact) mass is 347 g/mol. The maximum absolute atomic E-state index is 12.6. The van der Waals surface area contributed by atoms with Crippen molar-refractivity contribution in [1.29, 1.82) is 0 Å². The molecule has 4 heteroatoms. The van der Waals surface area contributed by atoms with E-state index in [2.05, 4.69) is 53.0 Å². The van der Waals surface area contributed by atoms with E-state index >= 15 is 0 Å². The van der Waals surface area contributed by atoms with E-state index in [0.29, 0.717) is 5.56 Å². The first-order chi connectivity index (χ1) is 12.6. The van der Waals surface area contributed by atoms with Gasteiger partial charge in [0, 0.05) is 24.5 Å². The summed E-state index contributed by atoms with van der Waals surface area (Å²) in [6.07, 6.45) is 4.61. The summed E-state index contributed by atoms with van der Waals surface area (Å²) in [4.78, 5) is 16.8. The highest BCUT2D eigenvalue weighted by Crippen LogP contribution is 2.18. The summed E-state index contributed by atoms with van der Waals surface area (Å²) in [5.41, 5.74) is 4.19. The van der Waals surface area contributed by atoms with Crippen molar-refractivity contribution in [3.63, 3.8) is 0 Å². The lowest BCUT2D eigenvalue weighted by Crippen LogP contribution is -2.28. The van der Waals surface area contributed by atoms with Gasteiger partial charge in [0.25, 0.3) is 5.91 Å². The first kappa shape index (κ1) is 17.9. The third-order valence-electron chi connectivity index (χ3n) is 4.69. The summed E-state index contributed by atoms with van der Waals surface area (Å²) in [6, 6.07) is 16.1. The fraction of sp³-hybridized carbons (Fsp3) is 0.273. The quantitative estimate of drug-likeness (QED) is 0.717. The number of rotatable bonds is 6. The highest BCUT2D eigenvalue weighted by atomic mass is 16.1. The van der Waals surface area contributed by atoms with Crippen molar-refractivity contribution in [2.24, 2.45) is 0 Å². The highest BCUT2D eigenvalue weighted by molar-refractivity contribution is 5.94. The van der Waals surface area contributed by atoms with E-state index in [1.807, 2.05) is 37.4 Å². The lowest BCUT2D eigenvalue weighted by atomic mass is 10.0. The molecule has 0 radical (unpaired) electrons. The average Bonchev–Trinajstić information content (AvgIpc) is 3.05. The number of nitrogens with zero attached hydrogens (tertiary/aromatic N) is 2. The number of benzene rings is 2. The van der Waals surface area contributed by atoms with Crippen LogP contribution in [0, 0.1) is 13.8 Å². The van der Waals surface area contributed by atoms with Crippen LogP contribution in [0.1, 0.15) is 52.3 Å². The molecule has 0 aliphatic heterocycles. The van der Waals surface area contributed by atoms with Gasteiger partial charge in [-0.2, -0.15) is 0 Å². The van der Waals surface area contributed by atoms with Gasteiger partial charge in [-0.3, -0.25) is 4.79 Å². The minimum absolute atomic E-state index is 0.0244. The second-order valence-corrected chi connectivity index (χ2v) is 6.64. The van der Waals surface area contributed by atoms with Crippen molar-refractivity contribution < 1.29 is 4.79 Å². The Hall–Kier alpha value is -2.88. The maximum atomic E-state index is 12.6. The van der Waals surface area contributed by atoms with Crippen LogP contribution in [0.4, 0.5) is 0 Å². The van der Waals surface area contributed by atoms with E-state index in [1.54, 1.807) is 6.20 Å². The van der Waals surface area contributed by atoms with Gasteiger partial charge in [0.1, 0.15) is 5.82 Å². The fourth-order valence-electron chi connectivity index (χ4n) is 2.99. The van der Waals surface area contributed by atoms with Crippen molar-refractivity contribution in [3.05, 3.63) is 89.0 Å². The van der Waals surface area contributed by atoms with Crippen LogP contribution >= 0.6 is 0 Å². The number of amides is 1. The molecule has 0 saturated heterocycles. The van der Waals surface area contributed by atoms with Gasteiger partial charge in [-0.05, 0) is 43.5 Å². The van der Waals surface area contributed by atoms with Gasteiger partial charge < -0.3 is 9.88 Å². The second-order valence-electron chi connectivity index (χ2n) is 6.64. The van der Waals surface area contributed by atoms with Crippen LogP contribution in [-0.2, 0) is 6.54 Å². The van der Waals surface area contributed by atoms with Gasteiger partial charge in [-0.1, -0.05) is 48.9 Å². The van der Waals surface area contributed by atoms with Gasteiger partial charge in [0.2, 0.25) is 0 Å². The van der Waals surface area contributed by atoms with Gasteiger partial charge >= 0.3 is 0 Å². The molecule has 1 N–H and O–H groups in total. The molecular weight excluding hydrogens is 322 g/mol. The molecule has 0 spiro atoms. The molecule has 1 heterocycles. The van der Waals surface area contributed by atoms with Crippen molar-refractivity contribution in [2.75, 3.05) is 0 Å². The van der Waals surface area contributed by atoms with Gasteiger partial charge in [-0.15, -0.1) is 0 Å². The number of carbonyl (C=O) groups excluding carboxylic acids is 1. The Morgan fingerprint density at radius 2 is 1.77 bits per heavy atom. The average molecular weight is 347 g/mol. The Labute approximate surface area is 154 Å². The van der Waals surface area contributed by atoms with Gasteiger partial charge in [0.05, 0.1) is 6.04 Å². The number of nitrogens with one attached hydrogen (secondary N) is 1. The normalized spacial score (nSPS) is 12.0. The minimum atomic E-state index is -0.0391. The number of hydrogen-bond acceptors (Lipinski definition) is 2. The summed E-state index contributed by atoms with van der Waals surface area (Å²) in [5, 5.41) is 3.14. The van der Waals surface area contributed by atoms with E-state index in [-0.39, 0.29) is 11.9 Å². The molecule has 1 amide bonds. The molecule has 0 saturated carbocycles. The molecule has 1 aromatic heterocycles. The van der Waals surface area contributed by atoms with Crippen molar-refractivity contribution in [3.8, 4) is 0 Å². The minimum Gasteiger partial charge on any atom is -0.345 e. The molecule has 3 aromatic rings. The van der Waals surface area contributed by atoms with Crippen molar-refractivity contribution in [1.82, 2.24) is 14.9 Å². The van der Waals surface area contributed by atoms with Crippen LogP contribution in [0.15, 0.2) is 60.9 Å². The summed E-state index contributed by atoms with van der Waals surface area (Å²) >= 11 is 0. The zero-order valence-corrected chi connectivity index (χ0v) is 15.6. The Morgan fingerprint density at radius 1 is 1.08 bits per heavy atom. The topological polar surface area (TPSA) is 46.9 Å². The van der Waals surface area contributed by atoms with E-state index in [4.69, 9.17) is 0 Å². The Kier molecular flexibility index (Phi) is 5.52. The number of aryl methyl sites for hydroxylation is 2. The molecule has 4 nitrogen and oxygen atoms in total. The van der Waals surface area contributed by atoms with E-state index in [9.17, 15) is 4.79 Å². The first-order valence-electron chi connectivity index (χ1n) is 9.01. The zero-order chi connectivity index (χ0) is 18.5. The van der Waals surface area contributed by atoms with Crippen molar-refractivity contribution in [2.45, 2.75) is 39.8 Å². The molecule has 0 bridgehead atoms. The SMILES string of the molecule is CC[C@H](NC(=O)c1ccc(Cn2ccnc2C)cc1)c1ccc(C)cc1. The predicted molar refractivity (Wildman–Crippen MR) is 104 cm³/mol. The van der Waals surface area contributed by atoms with E-state index in [1.165, 1.54) is 5.56 Å². The third kappa shape index (κ3) is 4.20. The molecule has 3 rings (SSSR count). The maximum Gasteiger partial charge on any atom is 0.251 e. The van der Waals surface area contributed by atoms with Crippen LogP contribution in [0.3, 0.4) is 0 Å². The predicted octanol–water partition coefficient (Wildman–Crippen LogP) is 4.43. The van der Waals surface area contributed by atoms with Crippen LogP contribution in [-0.4, -0.2) is 15.5 Å². The second kappa shape index (κ2) is 8.00. The Balaban J connectivity index is 1.67. The van der Waals surface area contributed by atoms with E-state index < -0.39 is 0 Å². The van der Waals surface area contributed by atoms with E-state index in [0.717, 1.165) is 29.9 Å². The smallest absolute Gasteiger partial charge is 0.251 e. The molecule has 2 aromatic carbocycles. The molecule has 1 atom stereocenters. The fourth-order valence-corrected chi connectivity index (χ4v) is 2.99. The summed E-state index contributed by atoms with van der Waals surface area (Å²) in [7, 11) is 0. The molecule has 134 valence electrons. The molecule has 0 aliphatic rings. The number of hydrogen-bond donors (Lipinski definition) is 1. The summed E-state index contributed by atoms with van der Waals surface area (Å²) in [5.74, 6) is 0.943. The zero-order valence-electron chi connectivity index (χ0n) is 15.6. The van der Waals surface area contributed by atoms with Crippen LogP contribution in [0.5, 0.6) is 0 Å². The highest BCUT2D eigenvalue weighted by Gasteiger charge is 2.14. The molecule has 0 fully saturated rings. The summed E-state index contributed by atoms with van der Waals surface area (Å²) < 4.78 is 2.08. The molecular formula is C22H25N3O. The third-order valence-corrected chi connectivity index (χ3v) is 4.69. The number of imidazole rings is 1.